The van der Waals surface area contributed by atoms with Crippen LogP contribution in [0.5, 0.6) is 0 Å². The van der Waals surface area contributed by atoms with Crippen LogP contribution >= 0.6 is 0 Å². The quantitative estimate of drug-likeness (QED) is 0.862. The molecule has 23 heavy (non-hydrogen) atoms. The summed E-state index contributed by atoms with van der Waals surface area (Å²) in [4.78, 5) is 24.4. The van der Waals surface area contributed by atoms with Crippen molar-refractivity contribution >= 4 is 11.9 Å². The Hall–Kier alpha value is -2.12. The Bertz CT molecular complexity index is 653. The molecule has 0 aliphatic heterocycles. The van der Waals surface area contributed by atoms with Crippen LogP contribution < -0.4 is 0 Å². The maximum Gasteiger partial charge on any atom is 0.416 e. The minimum absolute atomic E-state index is 0.0701. The summed E-state index contributed by atoms with van der Waals surface area (Å²) in [5, 5.41) is 8.95. The van der Waals surface area contributed by atoms with Crippen molar-refractivity contribution in [3.05, 3.63) is 35.1 Å². The lowest BCUT2D eigenvalue weighted by atomic mass is 9.92. The third-order valence-corrected chi connectivity index (χ3v) is 4.20. The Labute approximate surface area is 129 Å². The van der Waals surface area contributed by atoms with Crippen LogP contribution in [0.3, 0.4) is 0 Å². The number of hydrogen-bond donors (Lipinski definition) is 1. The molecule has 0 heterocycles. The van der Waals surface area contributed by atoms with E-state index in [1.165, 1.54) is 14.0 Å². The smallest absolute Gasteiger partial charge is 0.416 e. The summed E-state index contributed by atoms with van der Waals surface area (Å²) in [6, 6.07) is 0.899. The summed E-state index contributed by atoms with van der Waals surface area (Å²) in [5.74, 6) is -2.93. The topological polar surface area (TPSA) is 57.6 Å². The van der Waals surface area contributed by atoms with E-state index in [-0.39, 0.29) is 18.4 Å². The highest BCUT2D eigenvalue weighted by Gasteiger charge is 2.54. The number of rotatable bonds is 4. The summed E-state index contributed by atoms with van der Waals surface area (Å²) in [7, 11) is 1.27. The van der Waals surface area contributed by atoms with Crippen LogP contribution in [0.4, 0.5) is 17.6 Å². The molecule has 1 atom stereocenters. The van der Waals surface area contributed by atoms with Crippen LogP contribution in [0.1, 0.15) is 30.9 Å². The first-order valence-corrected chi connectivity index (χ1v) is 6.87. The van der Waals surface area contributed by atoms with Crippen LogP contribution in [-0.4, -0.2) is 35.0 Å². The van der Waals surface area contributed by atoms with E-state index < -0.39 is 40.9 Å². The molecular formula is C15H15F4NO3. The number of carboxylic acids is 1. The number of likely N-dealkylation sites (N-methyl/N-ethyl adjacent to an activating group) is 1. The van der Waals surface area contributed by atoms with Crippen LogP contribution in [0.25, 0.3) is 0 Å². The summed E-state index contributed by atoms with van der Waals surface area (Å²) in [6.07, 6.45) is -4.22. The van der Waals surface area contributed by atoms with Gasteiger partial charge in [0.25, 0.3) is 0 Å². The SMILES string of the molecule is CC(C(=O)O)N(C)C(=O)C1(c2cc(F)cc(C(F)(F)F)c2)CC1. The fraction of sp³-hybridized carbons (Fsp3) is 0.467. The predicted molar refractivity (Wildman–Crippen MR) is 72.2 cm³/mol. The van der Waals surface area contributed by atoms with Gasteiger partial charge in [0.15, 0.2) is 0 Å². The van der Waals surface area contributed by atoms with Gasteiger partial charge < -0.3 is 10.0 Å². The molecule has 1 aromatic rings. The van der Waals surface area contributed by atoms with Crippen LogP contribution in [0.15, 0.2) is 18.2 Å². The zero-order chi connectivity index (χ0) is 17.6. The van der Waals surface area contributed by atoms with Gasteiger partial charge in [-0.3, -0.25) is 4.79 Å². The molecule has 8 heteroatoms. The molecule has 0 saturated heterocycles. The molecule has 1 amide bonds. The van der Waals surface area contributed by atoms with Crippen molar-refractivity contribution in [2.24, 2.45) is 0 Å². The Morgan fingerprint density at radius 1 is 1.26 bits per heavy atom. The van der Waals surface area contributed by atoms with Crippen molar-refractivity contribution < 1.29 is 32.3 Å². The zero-order valence-corrected chi connectivity index (χ0v) is 12.4. The molecule has 1 N–H and O–H groups in total. The Morgan fingerprint density at radius 2 is 1.83 bits per heavy atom. The minimum atomic E-state index is -4.73. The van der Waals surface area contributed by atoms with Crippen molar-refractivity contribution in [3.63, 3.8) is 0 Å². The van der Waals surface area contributed by atoms with E-state index in [0.717, 1.165) is 17.0 Å². The van der Waals surface area contributed by atoms with Crippen LogP contribution in [-0.2, 0) is 21.2 Å². The van der Waals surface area contributed by atoms with Crippen molar-refractivity contribution in [3.8, 4) is 0 Å². The average molecular weight is 333 g/mol. The van der Waals surface area contributed by atoms with E-state index in [1.54, 1.807) is 0 Å². The second-order valence-electron chi connectivity index (χ2n) is 5.74. The van der Waals surface area contributed by atoms with E-state index in [4.69, 9.17) is 5.11 Å². The van der Waals surface area contributed by atoms with Crippen molar-refractivity contribution in [2.75, 3.05) is 7.05 Å². The predicted octanol–water partition coefficient (Wildman–Crippen LogP) is 2.81. The fourth-order valence-electron chi connectivity index (χ4n) is 2.46. The standard InChI is InChI=1S/C15H15F4NO3/c1-8(12(21)22)20(2)13(23)14(3-4-14)9-5-10(15(17,18)19)7-11(16)6-9/h5-8H,3-4H2,1-2H3,(H,21,22). The molecular weight excluding hydrogens is 318 g/mol. The molecule has 1 aliphatic rings. The zero-order valence-electron chi connectivity index (χ0n) is 12.4. The third kappa shape index (κ3) is 3.16. The van der Waals surface area contributed by atoms with E-state index in [0.29, 0.717) is 6.07 Å². The van der Waals surface area contributed by atoms with E-state index in [2.05, 4.69) is 0 Å². The number of aliphatic carboxylic acids is 1. The van der Waals surface area contributed by atoms with Crippen molar-refractivity contribution in [1.82, 2.24) is 4.90 Å². The maximum absolute atomic E-state index is 13.5. The molecule has 1 saturated carbocycles. The fourth-order valence-corrected chi connectivity index (χ4v) is 2.46. The van der Waals surface area contributed by atoms with Gasteiger partial charge in [-0.05, 0) is 43.5 Å². The molecule has 126 valence electrons. The van der Waals surface area contributed by atoms with Crippen molar-refractivity contribution in [1.29, 1.82) is 0 Å². The first-order chi connectivity index (χ1) is 10.5. The molecule has 1 aliphatic carbocycles. The van der Waals surface area contributed by atoms with E-state index in [9.17, 15) is 27.2 Å². The molecule has 4 nitrogen and oxygen atoms in total. The molecule has 0 aromatic heterocycles. The molecule has 0 spiro atoms. The van der Waals surface area contributed by atoms with Crippen molar-refractivity contribution in [2.45, 2.75) is 37.4 Å². The first-order valence-electron chi connectivity index (χ1n) is 6.87. The largest absolute Gasteiger partial charge is 0.480 e. The van der Waals surface area contributed by atoms with Gasteiger partial charge in [0.05, 0.1) is 11.0 Å². The van der Waals surface area contributed by atoms with Gasteiger partial charge in [-0.1, -0.05) is 0 Å². The highest BCUT2D eigenvalue weighted by molar-refractivity contribution is 5.93. The third-order valence-electron chi connectivity index (χ3n) is 4.20. The summed E-state index contributed by atoms with van der Waals surface area (Å²) in [6.45, 7) is 1.29. The Balaban J connectivity index is 2.39. The number of hydrogen-bond acceptors (Lipinski definition) is 2. The van der Waals surface area contributed by atoms with Crippen LogP contribution in [0, 0.1) is 5.82 Å². The van der Waals surface area contributed by atoms with Crippen LogP contribution in [0.2, 0.25) is 0 Å². The maximum atomic E-state index is 13.5. The summed E-state index contributed by atoms with van der Waals surface area (Å²) in [5.41, 5.74) is -2.51. The molecule has 0 radical (unpaired) electrons. The number of halogens is 4. The summed E-state index contributed by atoms with van der Waals surface area (Å²) >= 11 is 0. The van der Waals surface area contributed by atoms with E-state index in [1.807, 2.05) is 0 Å². The minimum Gasteiger partial charge on any atom is -0.480 e. The normalized spacial score (nSPS) is 17.5. The van der Waals surface area contributed by atoms with Gasteiger partial charge >= 0.3 is 12.1 Å². The monoisotopic (exact) mass is 333 g/mol. The molecule has 0 bridgehead atoms. The van der Waals surface area contributed by atoms with Gasteiger partial charge in [0.1, 0.15) is 11.9 Å². The van der Waals surface area contributed by atoms with Gasteiger partial charge in [-0.25, -0.2) is 9.18 Å². The van der Waals surface area contributed by atoms with E-state index >= 15 is 0 Å². The van der Waals surface area contributed by atoms with Gasteiger partial charge in [0, 0.05) is 7.05 Å². The number of alkyl halides is 3. The lowest BCUT2D eigenvalue weighted by Gasteiger charge is -2.27. The van der Waals surface area contributed by atoms with Gasteiger partial charge in [-0.2, -0.15) is 13.2 Å². The average Bonchev–Trinajstić information content (AvgIpc) is 3.24. The summed E-state index contributed by atoms with van der Waals surface area (Å²) < 4.78 is 52.0. The Kier molecular flexibility index (Phi) is 4.13. The van der Waals surface area contributed by atoms with Gasteiger partial charge in [-0.15, -0.1) is 0 Å². The first kappa shape index (κ1) is 17.2. The Morgan fingerprint density at radius 3 is 2.26 bits per heavy atom. The lowest BCUT2D eigenvalue weighted by molar-refractivity contribution is -0.149. The number of carbonyl (C=O) groups is 2. The lowest BCUT2D eigenvalue weighted by Crippen LogP contribution is -2.45. The number of amides is 1. The second kappa shape index (κ2) is 5.50. The second-order valence-corrected chi connectivity index (χ2v) is 5.74. The molecule has 1 unspecified atom stereocenters. The number of carbonyl (C=O) groups excluding carboxylic acids is 1. The molecule has 1 fully saturated rings. The highest BCUT2D eigenvalue weighted by atomic mass is 19.4. The molecule has 1 aromatic carbocycles. The number of nitrogens with zero attached hydrogens (tertiary/aromatic N) is 1. The highest BCUT2D eigenvalue weighted by Crippen LogP contribution is 2.50. The number of benzene rings is 1. The number of carboxylic acid groups (broad SMARTS) is 1. The molecule has 2 rings (SSSR count). The van der Waals surface area contributed by atoms with Gasteiger partial charge in [0.2, 0.25) is 5.91 Å².